The van der Waals surface area contributed by atoms with E-state index in [9.17, 15) is 9.59 Å². The normalized spacial score (nSPS) is 10.2. The maximum Gasteiger partial charge on any atom is 0.335 e. The molecule has 0 spiro atoms. The lowest BCUT2D eigenvalue weighted by molar-refractivity contribution is -0.110. The fourth-order valence-corrected chi connectivity index (χ4v) is 0.885. The van der Waals surface area contributed by atoms with E-state index in [-0.39, 0.29) is 11.3 Å². The number of hydrazone groups is 1. The fourth-order valence-electron chi connectivity index (χ4n) is 0.885. The second-order valence-electron chi connectivity index (χ2n) is 2.86. The van der Waals surface area contributed by atoms with Gasteiger partial charge in [0.05, 0.1) is 17.5 Å². The van der Waals surface area contributed by atoms with Crippen molar-refractivity contribution in [2.75, 3.05) is 5.43 Å². The molecule has 0 amide bonds. The van der Waals surface area contributed by atoms with Gasteiger partial charge in [-0.15, -0.1) is 0 Å². The highest BCUT2D eigenvalue weighted by atomic mass is 16.4. The number of carboxylic acid groups (broad SMARTS) is 1. The van der Waals surface area contributed by atoms with Crippen LogP contribution >= 0.6 is 0 Å². The van der Waals surface area contributed by atoms with Crippen molar-refractivity contribution in [2.45, 2.75) is 6.92 Å². The van der Waals surface area contributed by atoms with Crippen molar-refractivity contribution in [3.8, 4) is 0 Å². The third kappa shape index (κ3) is 3.60. The van der Waals surface area contributed by atoms with Gasteiger partial charge in [-0.2, -0.15) is 5.10 Å². The fraction of sp³-hybridized carbons (Fsp3) is 0.100. The Hall–Kier alpha value is -2.17. The summed E-state index contributed by atoms with van der Waals surface area (Å²) in [6.07, 6.45) is 1.14. The molecule has 0 saturated heterocycles. The Labute approximate surface area is 86.4 Å². The Morgan fingerprint density at radius 1 is 1.33 bits per heavy atom. The van der Waals surface area contributed by atoms with Gasteiger partial charge < -0.3 is 5.11 Å². The predicted molar refractivity (Wildman–Crippen MR) is 56.2 cm³/mol. The van der Waals surface area contributed by atoms with Gasteiger partial charge in [0.25, 0.3) is 0 Å². The van der Waals surface area contributed by atoms with E-state index in [2.05, 4.69) is 10.5 Å². The van der Waals surface area contributed by atoms with Crippen LogP contribution in [0.5, 0.6) is 0 Å². The minimum Gasteiger partial charge on any atom is -0.478 e. The van der Waals surface area contributed by atoms with Crippen LogP contribution in [0.2, 0.25) is 0 Å². The zero-order valence-electron chi connectivity index (χ0n) is 8.10. The van der Waals surface area contributed by atoms with Gasteiger partial charge in [0.15, 0.2) is 5.78 Å². The second-order valence-corrected chi connectivity index (χ2v) is 2.86. The summed E-state index contributed by atoms with van der Waals surface area (Å²) in [5.74, 6) is -1.14. The summed E-state index contributed by atoms with van der Waals surface area (Å²) in [7, 11) is 0. The van der Waals surface area contributed by atoms with Gasteiger partial charge >= 0.3 is 5.97 Å². The average molecular weight is 206 g/mol. The van der Waals surface area contributed by atoms with Crippen molar-refractivity contribution in [1.29, 1.82) is 0 Å². The highest BCUT2D eigenvalue weighted by Crippen LogP contribution is 2.08. The molecule has 0 radical (unpaired) electrons. The molecule has 0 aliphatic carbocycles. The first-order valence-electron chi connectivity index (χ1n) is 4.22. The lowest BCUT2D eigenvalue weighted by Gasteiger charge is -1.99. The molecule has 1 aromatic rings. The summed E-state index contributed by atoms with van der Waals surface area (Å²) in [6, 6.07) is 6.05. The van der Waals surface area contributed by atoms with Crippen LogP contribution in [0.15, 0.2) is 29.4 Å². The van der Waals surface area contributed by atoms with Gasteiger partial charge in [-0.05, 0) is 24.3 Å². The number of Topliss-reactive ketones (excluding diaryl/α,β-unsaturated/α-hetero) is 1. The summed E-state index contributed by atoms with van der Waals surface area (Å²) < 4.78 is 0. The minimum absolute atomic E-state index is 0.162. The van der Waals surface area contributed by atoms with E-state index in [1.54, 1.807) is 12.1 Å². The molecule has 1 rings (SSSR count). The summed E-state index contributed by atoms with van der Waals surface area (Å²) in [5.41, 5.74) is 3.43. The maximum atomic E-state index is 10.5. The number of aromatic carboxylic acids is 1. The van der Waals surface area contributed by atoms with E-state index in [0.717, 1.165) is 6.21 Å². The van der Waals surface area contributed by atoms with Crippen molar-refractivity contribution in [2.24, 2.45) is 5.10 Å². The molecule has 0 aromatic heterocycles. The van der Waals surface area contributed by atoms with Gasteiger partial charge in [0.2, 0.25) is 0 Å². The van der Waals surface area contributed by atoms with E-state index >= 15 is 0 Å². The number of benzene rings is 1. The Bertz CT molecular complexity index is 396. The Kier molecular flexibility index (Phi) is 3.56. The predicted octanol–water partition coefficient (Wildman–Crippen LogP) is 1.37. The van der Waals surface area contributed by atoms with Crippen LogP contribution in [0.3, 0.4) is 0 Å². The first kappa shape index (κ1) is 10.9. The number of hydrogen-bond acceptors (Lipinski definition) is 4. The summed E-state index contributed by atoms with van der Waals surface area (Å²) >= 11 is 0. The third-order valence-corrected chi connectivity index (χ3v) is 1.57. The zero-order chi connectivity index (χ0) is 11.3. The third-order valence-electron chi connectivity index (χ3n) is 1.57. The molecule has 0 atom stereocenters. The highest BCUT2D eigenvalue weighted by Gasteiger charge is 2.00. The SMILES string of the molecule is CC(=O)/C=N/Nc1ccc(C(=O)O)cc1. The van der Waals surface area contributed by atoms with Crippen molar-refractivity contribution < 1.29 is 14.7 Å². The molecule has 0 bridgehead atoms. The molecule has 0 unspecified atom stereocenters. The molecule has 15 heavy (non-hydrogen) atoms. The molecule has 0 heterocycles. The smallest absolute Gasteiger partial charge is 0.335 e. The van der Waals surface area contributed by atoms with Crippen LogP contribution in [0.1, 0.15) is 17.3 Å². The first-order valence-corrected chi connectivity index (χ1v) is 4.22. The van der Waals surface area contributed by atoms with Crippen LogP contribution in [0, 0.1) is 0 Å². The number of nitrogens with zero attached hydrogens (tertiary/aromatic N) is 1. The van der Waals surface area contributed by atoms with E-state index in [0.29, 0.717) is 5.69 Å². The molecule has 0 fully saturated rings. The van der Waals surface area contributed by atoms with Crippen LogP contribution < -0.4 is 5.43 Å². The molecule has 5 heteroatoms. The molecule has 5 nitrogen and oxygen atoms in total. The summed E-state index contributed by atoms with van der Waals surface area (Å²) in [6.45, 7) is 1.39. The Morgan fingerprint density at radius 3 is 2.40 bits per heavy atom. The number of carbonyl (C=O) groups excluding carboxylic acids is 1. The molecular formula is C10H10N2O3. The van der Waals surface area contributed by atoms with Crippen LogP contribution in [0.25, 0.3) is 0 Å². The number of rotatable bonds is 4. The monoisotopic (exact) mass is 206 g/mol. The lowest BCUT2D eigenvalue weighted by Crippen LogP contribution is -1.97. The minimum atomic E-state index is -0.978. The average Bonchev–Trinajstić information content (AvgIpc) is 2.18. The van der Waals surface area contributed by atoms with E-state index < -0.39 is 5.97 Å². The van der Waals surface area contributed by atoms with Crippen molar-refractivity contribution in [1.82, 2.24) is 0 Å². The lowest BCUT2D eigenvalue weighted by atomic mass is 10.2. The van der Waals surface area contributed by atoms with Crippen LogP contribution in [-0.4, -0.2) is 23.1 Å². The molecule has 0 saturated carbocycles. The van der Waals surface area contributed by atoms with Crippen LogP contribution in [0.4, 0.5) is 5.69 Å². The van der Waals surface area contributed by atoms with E-state index in [4.69, 9.17) is 5.11 Å². The zero-order valence-corrected chi connectivity index (χ0v) is 8.10. The standard InChI is InChI=1S/C10H10N2O3/c1-7(13)6-11-12-9-4-2-8(3-5-9)10(14)15/h2-6,12H,1H3,(H,14,15)/b11-6+. The highest BCUT2D eigenvalue weighted by molar-refractivity contribution is 6.26. The second kappa shape index (κ2) is 4.90. The first-order chi connectivity index (χ1) is 7.09. The molecule has 78 valence electrons. The number of ketones is 1. The summed E-state index contributed by atoms with van der Waals surface area (Å²) in [4.78, 5) is 21.0. The van der Waals surface area contributed by atoms with Gasteiger partial charge in [0, 0.05) is 6.92 Å². The molecule has 1 aromatic carbocycles. The molecule has 0 aliphatic rings. The van der Waals surface area contributed by atoms with Crippen molar-refractivity contribution >= 4 is 23.7 Å². The number of carbonyl (C=O) groups is 2. The van der Waals surface area contributed by atoms with Gasteiger partial charge in [-0.3, -0.25) is 10.2 Å². The number of carboxylic acids is 1. The Balaban J connectivity index is 2.65. The number of nitrogens with one attached hydrogen (secondary N) is 1. The number of hydrogen-bond donors (Lipinski definition) is 2. The molecular weight excluding hydrogens is 196 g/mol. The number of anilines is 1. The van der Waals surface area contributed by atoms with Crippen molar-refractivity contribution in [3.63, 3.8) is 0 Å². The topological polar surface area (TPSA) is 78.8 Å². The van der Waals surface area contributed by atoms with E-state index in [1.807, 2.05) is 0 Å². The summed E-state index contributed by atoms with van der Waals surface area (Å²) in [5, 5.41) is 12.3. The van der Waals surface area contributed by atoms with Crippen LogP contribution in [-0.2, 0) is 4.79 Å². The largest absolute Gasteiger partial charge is 0.478 e. The Morgan fingerprint density at radius 2 is 1.93 bits per heavy atom. The van der Waals surface area contributed by atoms with E-state index in [1.165, 1.54) is 19.1 Å². The maximum absolute atomic E-state index is 10.5. The molecule has 2 N–H and O–H groups in total. The quantitative estimate of drug-likeness (QED) is 0.576. The molecule has 0 aliphatic heterocycles. The van der Waals surface area contributed by atoms with Gasteiger partial charge in [-0.25, -0.2) is 4.79 Å². The van der Waals surface area contributed by atoms with Crippen molar-refractivity contribution in [3.05, 3.63) is 29.8 Å². The van der Waals surface area contributed by atoms with Gasteiger partial charge in [-0.1, -0.05) is 0 Å². The van der Waals surface area contributed by atoms with Gasteiger partial charge in [0.1, 0.15) is 0 Å².